The van der Waals surface area contributed by atoms with Gasteiger partial charge in [0.2, 0.25) is 11.8 Å². The van der Waals surface area contributed by atoms with Crippen LogP contribution in [0.5, 0.6) is 0 Å². The van der Waals surface area contributed by atoms with Crippen LogP contribution in [0.3, 0.4) is 0 Å². The first kappa shape index (κ1) is 22.3. The number of hydrogen-bond donors (Lipinski definition) is 5. The highest BCUT2D eigenvalue weighted by molar-refractivity contribution is 7.22. The van der Waals surface area contributed by atoms with Crippen molar-refractivity contribution in [2.75, 3.05) is 24.6 Å². The van der Waals surface area contributed by atoms with Gasteiger partial charge in [0.15, 0.2) is 0 Å². The number of aliphatic hydroxyl groups is 2. The largest absolute Gasteiger partial charge is 0.394 e. The molecule has 2 unspecified atom stereocenters. The van der Waals surface area contributed by atoms with Gasteiger partial charge < -0.3 is 30.7 Å². The summed E-state index contributed by atoms with van der Waals surface area (Å²) in [6, 6.07) is 9.75. The van der Waals surface area contributed by atoms with Crippen molar-refractivity contribution in [1.82, 2.24) is 15.6 Å². The number of fused-ring (bicyclic) bond motifs is 2. The maximum atomic E-state index is 13.2. The van der Waals surface area contributed by atoms with Gasteiger partial charge in [-0.3, -0.25) is 14.4 Å². The molecule has 0 aliphatic carbocycles. The summed E-state index contributed by atoms with van der Waals surface area (Å²) in [6.45, 7) is -0.896. The first-order chi connectivity index (χ1) is 15.4. The highest BCUT2D eigenvalue weighted by Crippen LogP contribution is 2.30. The zero-order valence-electron chi connectivity index (χ0n) is 16.8. The van der Waals surface area contributed by atoms with Crippen molar-refractivity contribution in [3.05, 3.63) is 52.0 Å². The van der Waals surface area contributed by atoms with Crippen LogP contribution in [-0.4, -0.2) is 64.8 Å². The molecule has 2 atom stereocenters. The monoisotopic (exact) mass is 476 g/mol. The number of aromatic nitrogens is 1. The predicted octanol–water partition coefficient (Wildman–Crippen LogP) is 1.04. The van der Waals surface area contributed by atoms with Gasteiger partial charge in [0.1, 0.15) is 23.1 Å². The van der Waals surface area contributed by atoms with Crippen LogP contribution in [0.15, 0.2) is 36.4 Å². The first-order valence-corrected chi connectivity index (χ1v) is 11.1. The molecule has 0 bridgehead atoms. The first-order valence-electron chi connectivity index (χ1n) is 9.89. The molecule has 3 heterocycles. The number of H-pyrrole nitrogens is 1. The Morgan fingerprint density at radius 3 is 2.84 bits per heavy atom. The molecule has 3 aromatic rings. The Morgan fingerprint density at radius 1 is 1.31 bits per heavy atom. The molecule has 0 radical (unpaired) electrons. The second kappa shape index (κ2) is 9.29. The summed E-state index contributed by atoms with van der Waals surface area (Å²) in [5, 5.41) is 24.4. The average molecular weight is 477 g/mol. The number of nitrogens with zero attached hydrogens (tertiary/aromatic N) is 1. The fourth-order valence-corrected chi connectivity index (χ4v) is 4.71. The molecule has 11 heteroatoms. The quantitative estimate of drug-likeness (QED) is 0.347. The lowest BCUT2D eigenvalue weighted by Gasteiger charge is -2.34. The van der Waals surface area contributed by atoms with Crippen molar-refractivity contribution >= 4 is 56.6 Å². The molecule has 9 nitrogen and oxygen atoms in total. The van der Waals surface area contributed by atoms with E-state index in [1.165, 1.54) is 16.2 Å². The molecule has 1 aliphatic heterocycles. The Kier molecular flexibility index (Phi) is 6.47. The number of benzene rings is 1. The van der Waals surface area contributed by atoms with Crippen molar-refractivity contribution in [1.29, 1.82) is 0 Å². The van der Waals surface area contributed by atoms with Crippen molar-refractivity contribution in [3.63, 3.8) is 0 Å². The Labute approximate surface area is 192 Å². The fraction of sp³-hybridized carbons (Fsp3) is 0.286. The number of hydrogen-bond acceptors (Lipinski definition) is 6. The Bertz CT molecular complexity index is 1140. The normalized spacial score (nSPS) is 16.7. The van der Waals surface area contributed by atoms with Gasteiger partial charge in [-0.1, -0.05) is 29.8 Å². The topological polar surface area (TPSA) is 135 Å². The molecule has 4 rings (SSSR count). The summed E-state index contributed by atoms with van der Waals surface area (Å²) < 4.78 is 0.609. The minimum absolute atomic E-state index is 0.132. The number of anilines is 1. The second-order valence-electron chi connectivity index (χ2n) is 7.44. The van der Waals surface area contributed by atoms with E-state index in [1.807, 2.05) is 12.1 Å². The van der Waals surface area contributed by atoms with Gasteiger partial charge in [0.05, 0.1) is 17.0 Å². The molecule has 0 fully saturated rings. The highest BCUT2D eigenvalue weighted by atomic mass is 35.5. The molecule has 2 aromatic heterocycles. The standard InChI is InChI=1S/C21H21ClN4O5S/c22-17-7-12-6-14(25-20(12)32-17)19(30)24-15-5-11-3-1-2-4-16(11)26(21(15)31)9-18(29)23-8-13(28)10-27/h1-4,6-7,13,15,25,27-28H,5,8-10H2,(H,23,29)(H,24,30). The van der Waals surface area contributed by atoms with Crippen molar-refractivity contribution < 1.29 is 24.6 Å². The fourth-order valence-electron chi connectivity index (χ4n) is 3.58. The predicted molar refractivity (Wildman–Crippen MR) is 121 cm³/mol. The van der Waals surface area contributed by atoms with Gasteiger partial charge in [-0.05, 0) is 23.8 Å². The molecule has 1 aliphatic rings. The molecular formula is C21H21ClN4O5S. The maximum Gasteiger partial charge on any atom is 0.268 e. The Morgan fingerprint density at radius 2 is 2.09 bits per heavy atom. The average Bonchev–Trinajstić information content (AvgIpc) is 3.32. The number of nitrogens with one attached hydrogen (secondary N) is 3. The van der Waals surface area contributed by atoms with E-state index in [2.05, 4.69) is 15.6 Å². The van der Waals surface area contributed by atoms with Crippen LogP contribution in [-0.2, 0) is 16.0 Å². The number of amides is 3. The molecule has 0 saturated heterocycles. The van der Waals surface area contributed by atoms with E-state index in [4.69, 9.17) is 16.7 Å². The minimum Gasteiger partial charge on any atom is -0.394 e. The molecule has 5 N–H and O–H groups in total. The second-order valence-corrected chi connectivity index (χ2v) is 9.13. The number of para-hydroxylation sites is 1. The smallest absolute Gasteiger partial charge is 0.268 e. The third-order valence-corrected chi connectivity index (χ3v) is 6.34. The zero-order chi connectivity index (χ0) is 22.8. The Hall–Kier alpha value is -2.92. The van der Waals surface area contributed by atoms with Crippen molar-refractivity contribution in [3.8, 4) is 0 Å². The van der Waals surface area contributed by atoms with Gasteiger partial charge in [-0.25, -0.2) is 0 Å². The van der Waals surface area contributed by atoms with Gasteiger partial charge >= 0.3 is 0 Å². The van der Waals surface area contributed by atoms with E-state index in [-0.39, 0.29) is 13.1 Å². The van der Waals surface area contributed by atoms with Gasteiger partial charge in [0.25, 0.3) is 5.91 Å². The number of aliphatic hydroxyl groups excluding tert-OH is 2. The van der Waals surface area contributed by atoms with E-state index >= 15 is 0 Å². The number of thiophene rings is 1. The van der Waals surface area contributed by atoms with Crippen LogP contribution < -0.4 is 15.5 Å². The van der Waals surface area contributed by atoms with Crippen LogP contribution in [0.1, 0.15) is 16.1 Å². The van der Waals surface area contributed by atoms with Crippen LogP contribution in [0.2, 0.25) is 4.34 Å². The number of halogens is 1. The lowest BCUT2D eigenvalue weighted by molar-refractivity contribution is -0.125. The van der Waals surface area contributed by atoms with E-state index in [9.17, 15) is 19.5 Å². The summed E-state index contributed by atoms with van der Waals surface area (Å²) in [7, 11) is 0. The summed E-state index contributed by atoms with van der Waals surface area (Å²) in [6.07, 6.45) is -0.788. The van der Waals surface area contributed by atoms with Crippen molar-refractivity contribution in [2.24, 2.45) is 0 Å². The third kappa shape index (κ3) is 4.63. The molecule has 1 aromatic carbocycles. The molecule has 32 heavy (non-hydrogen) atoms. The SMILES string of the molecule is O=C(CN1C(=O)C(NC(=O)c2cc3cc(Cl)sc3[nH]2)Cc2ccccc21)NCC(O)CO. The van der Waals surface area contributed by atoms with Crippen LogP contribution >= 0.6 is 22.9 Å². The molecular weight excluding hydrogens is 456 g/mol. The lowest BCUT2D eigenvalue weighted by Crippen LogP contribution is -2.55. The molecule has 0 saturated carbocycles. The summed E-state index contributed by atoms with van der Waals surface area (Å²) in [5.41, 5.74) is 1.73. The molecule has 0 spiro atoms. The summed E-state index contributed by atoms with van der Waals surface area (Å²) in [4.78, 5) is 43.4. The number of rotatable bonds is 7. The molecule has 3 amide bonds. The zero-order valence-corrected chi connectivity index (χ0v) is 18.4. The number of carbonyl (C=O) groups is 3. The minimum atomic E-state index is -1.08. The maximum absolute atomic E-state index is 13.2. The lowest BCUT2D eigenvalue weighted by atomic mass is 9.97. The third-order valence-electron chi connectivity index (χ3n) is 5.15. The van der Waals surface area contributed by atoms with Crippen LogP contribution in [0, 0.1) is 0 Å². The van der Waals surface area contributed by atoms with E-state index in [0.29, 0.717) is 22.1 Å². The molecule has 168 valence electrons. The van der Waals surface area contributed by atoms with E-state index in [1.54, 1.807) is 24.3 Å². The van der Waals surface area contributed by atoms with Crippen LogP contribution in [0.25, 0.3) is 10.2 Å². The van der Waals surface area contributed by atoms with Gasteiger partial charge in [-0.2, -0.15) is 0 Å². The van der Waals surface area contributed by atoms with Gasteiger partial charge in [-0.15, -0.1) is 11.3 Å². The van der Waals surface area contributed by atoms with Crippen LogP contribution in [0.4, 0.5) is 5.69 Å². The number of carbonyl (C=O) groups excluding carboxylic acids is 3. The summed E-state index contributed by atoms with van der Waals surface area (Å²) in [5.74, 6) is -1.34. The van der Waals surface area contributed by atoms with E-state index in [0.717, 1.165) is 15.8 Å². The van der Waals surface area contributed by atoms with E-state index < -0.39 is 36.5 Å². The van der Waals surface area contributed by atoms with Gasteiger partial charge in [0, 0.05) is 24.0 Å². The van der Waals surface area contributed by atoms with Crippen molar-refractivity contribution in [2.45, 2.75) is 18.6 Å². The highest BCUT2D eigenvalue weighted by Gasteiger charge is 2.35. The summed E-state index contributed by atoms with van der Waals surface area (Å²) >= 11 is 7.29. The number of aromatic amines is 1. The Balaban J connectivity index is 1.50.